The van der Waals surface area contributed by atoms with Crippen molar-refractivity contribution in [1.82, 2.24) is 0 Å². The first-order valence-electron chi connectivity index (χ1n) is 5.71. The van der Waals surface area contributed by atoms with Crippen molar-refractivity contribution < 1.29 is 14.8 Å². The van der Waals surface area contributed by atoms with Gasteiger partial charge in [0.25, 0.3) is 5.69 Å². The first-order valence-corrected chi connectivity index (χ1v) is 6.09. The number of carboxylic acid groups (broad SMARTS) is 1. The van der Waals surface area contributed by atoms with Crippen molar-refractivity contribution in [3.63, 3.8) is 0 Å². The second-order valence-electron chi connectivity index (χ2n) is 4.49. The minimum absolute atomic E-state index is 0.105. The summed E-state index contributed by atoms with van der Waals surface area (Å²) in [5.41, 5.74) is -0.536. The van der Waals surface area contributed by atoms with Crippen LogP contribution >= 0.6 is 11.6 Å². The maximum absolute atomic E-state index is 11.1. The number of nitro benzene ring substituents is 1. The van der Waals surface area contributed by atoms with Crippen molar-refractivity contribution in [1.29, 1.82) is 0 Å². The molecule has 0 radical (unpaired) electrons. The lowest BCUT2D eigenvalue weighted by molar-refractivity contribution is -0.384. The molecule has 0 aromatic heterocycles. The van der Waals surface area contributed by atoms with Crippen LogP contribution in [0.15, 0.2) is 18.2 Å². The predicted octanol–water partition coefficient (Wildman–Crippen LogP) is 3.16. The molecule has 0 aliphatic heterocycles. The van der Waals surface area contributed by atoms with Gasteiger partial charge >= 0.3 is 5.97 Å². The molecule has 0 aliphatic rings. The molecule has 7 heteroatoms. The summed E-state index contributed by atoms with van der Waals surface area (Å²) in [6.45, 7) is 3.60. The zero-order valence-electron chi connectivity index (χ0n) is 10.6. The van der Waals surface area contributed by atoms with Crippen molar-refractivity contribution in [2.45, 2.75) is 20.3 Å². The number of hydrogen-bond acceptors (Lipinski definition) is 4. The minimum Gasteiger partial charge on any atom is -0.481 e. The van der Waals surface area contributed by atoms with Crippen molar-refractivity contribution in [2.24, 2.45) is 5.41 Å². The van der Waals surface area contributed by atoms with Crippen LogP contribution in [0.5, 0.6) is 0 Å². The molecule has 104 valence electrons. The van der Waals surface area contributed by atoms with Gasteiger partial charge in [0.05, 0.1) is 21.0 Å². The van der Waals surface area contributed by atoms with E-state index in [9.17, 15) is 14.9 Å². The summed E-state index contributed by atoms with van der Waals surface area (Å²) in [5, 5.41) is 22.8. The van der Waals surface area contributed by atoms with Crippen LogP contribution in [0.4, 0.5) is 11.4 Å². The lowest BCUT2D eigenvalue weighted by Crippen LogP contribution is -2.34. The standard InChI is InChI=1S/C12H15ClN2O4/c1-3-12(2,11(16)17)7-14-10-5-4-8(15(18)19)6-9(10)13/h4-6,14H,3,7H2,1-2H3,(H,16,17). The van der Waals surface area contributed by atoms with Gasteiger partial charge in [-0.25, -0.2) is 0 Å². The van der Waals surface area contributed by atoms with Crippen LogP contribution in [0.3, 0.4) is 0 Å². The Morgan fingerprint density at radius 1 is 1.58 bits per heavy atom. The number of aliphatic carboxylic acids is 1. The van der Waals surface area contributed by atoms with E-state index in [-0.39, 0.29) is 17.3 Å². The monoisotopic (exact) mass is 286 g/mol. The molecule has 1 aromatic carbocycles. The summed E-state index contributed by atoms with van der Waals surface area (Å²) >= 11 is 5.91. The van der Waals surface area contributed by atoms with Gasteiger partial charge in [-0.05, 0) is 19.4 Å². The summed E-state index contributed by atoms with van der Waals surface area (Å²) < 4.78 is 0. The van der Waals surface area contributed by atoms with Gasteiger partial charge < -0.3 is 10.4 Å². The molecule has 0 saturated heterocycles. The van der Waals surface area contributed by atoms with Crippen LogP contribution in [0.2, 0.25) is 5.02 Å². The highest BCUT2D eigenvalue weighted by Gasteiger charge is 2.31. The third-order valence-electron chi connectivity index (χ3n) is 3.13. The maximum Gasteiger partial charge on any atom is 0.311 e. The van der Waals surface area contributed by atoms with E-state index in [4.69, 9.17) is 16.7 Å². The fourth-order valence-corrected chi connectivity index (χ4v) is 1.64. The Morgan fingerprint density at radius 2 is 2.21 bits per heavy atom. The number of carboxylic acids is 1. The third kappa shape index (κ3) is 3.57. The number of nitrogens with one attached hydrogen (secondary N) is 1. The van der Waals surface area contributed by atoms with Gasteiger partial charge in [0.2, 0.25) is 0 Å². The van der Waals surface area contributed by atoms with Crippen molar-refractivity contribution in [2.75, 3.05) is 11.9 Å². The van der Waals surface area contributed by atoms with E-state index in [0.29, 0.717) is 12.1 Å². The smallest absolute Gasteiger partial charge is 0.311 e. The molecule has 0 heterocycles. The van der Waals surface area contributed by atoms with Crippen molar-refractivity contribution >= 4 is 28.9 Å². The molecular formula is C12H15ClN2O4. The van der Waals surface area contributed by atoms with Gasteiger partial charge in [-0.3, -0.25) is 14.9 Å². The molecule has 6 nitrogen and oxygen atoms in total. The highest BCUT2D eigenvalue weighted by molar-refractivity contribution is 6.33. The molecular weight excluding hydrogens is 272 g/mol. The summed E-state index contributed by atoms with van der Waals surface area (Å²) in [6.07, 6.45) is 0.458. The van der Waals surface area contributed by atoms with Gasteiger partial charge in [-0.1, -0.05) is 18.5 Å². The number of halogens is 1. The highest BCUT2D eigenvalue weighted by atomic mass is 35.5. The molecule has 1 unspecified atom stereocenters. The molecule has 0 amide bonds. The summed E-state index contributed by atoms with van der Waals surface area (Å²) in [6, 6.07) is 4.02. The molecule has 0 bridgehead atoms. The van der Waals surface area contributed by atoms with E-state index >= 15 is 0 Å². The van der Waals surface area contributed by atoms with E-state index in [1.54, 1.807) is 13.8 Å². The Hall–Kier alpha value is -1.82. The number of benzene rings is 1. The number of nitro groups is 1. The van der Waals surface area contributed by atoms with Crippen LogP contribution in [-0.4, -0.2) is 22.5 Å². The Bertz CT molecular complexity index is 507. The van der Waals surface area contributed by atoms with E-state index in [2.05, 4.69) is 5.32 Å². The molecule has 0 saturated carbocycles. The topological polar surface area (TPSA) is 92.5 Å². The van der Waals surface area contributed by atoms with Gasteiger partial charge in [-0.2, -0.15) is 0 Å². The normalized spacial score (nSPS) is 13.6. The van der Waals surface area contributed by atoms with E-state index in [1.807, 2.05) is 0 Å². The summed E-state index contributed by atoms with van der Waals surface area (Å²) in [5.74, 6) is -0.902. The van der Waals surface area contributed by atoms with Crippen LogP contribution in [0.1, 0.15) is 20.3 Å². The molecule has 1 aromatic rings. The average Bonchev–Trinajstić information content (AvgIpc) is 2.36. The molecule has 19 heavy (non-hydrogen) atoms. The lowest BCUT2D eigenvalue weighted by atomic mass is 9.87. The Balaban J connectivity index is 2.84. The fraction of sp³-hybridized carbons (Fsp3) is 0.417. The predicted molar refractivity (Wildman–Crippen MR) is 72.6 cm³/mol. The van der Waals surface area contributed by atoms with Crippen LogP contribution in [-0.2, 0) is 4.79 Å². The second kappa shape index (κ2) is 5.88. The average molecular weight is 287 g/mol. The van der Waals surface area contributed by atoms with Gasteiger partial charge in [0, 0.05) is 18.7 Å². The number of rotatable bonds is 6. The van der Waals surface area contributed by atoms with Crippen molar-refractivity contribution in [3.8, 4) is 0 Å². The van der Waals surface area contributed by atoms with Crippen LogP contribution < -0.4 is 5.32 Å². The van der Waals surface area contributed by atoms with Crippen LogP contribution in [0, 0.1) is 15.5 Å². The van der Waals surface area contributed by atoms with E-state index in [1.165, 1.54) is 18.2 Å². The van der Waals surface area contributed by atoms with Gasteiger partial charge in [0.1, 0.15) is 0 Å². The van der Waals surface area contributed by atoms with Gasteiger partial charge in [0.15, 0.2) is 0 Å². The number of non-ortho nitro benzene ring substituents is 1. The zero-order chi connectivity index (χ0) is 14.6. The molecule has 1 atom stereocenters. The van der Waals surface area contributed by atoms with E-state index < -0.39 is 16.3 Å². The van der Waals surface area contributed by atoms with Crippen molar-refractivity contribution in [3.05, 3.63) is 33.3 Å². The number of hydrogen-bond donors (Lipinski definition) is 2. The molecule has 2 N–H and O–H groups in total. The molecule has 0 spiro atoms. The number of anilines is 1. The Kier molecular flexibility index (Phi) is 4.72. The molecule has 0 aliphatic carbocycles. The Morgan fingerprint density at radius 3 is 2.63 bits per heavy atom. The van der Waals surface area contributed by atoms with E-state index in [0.717, 1.165) is 0 Å². The SMILES string of the molecule is CCC(C)(CNc1ccc([N+](=O)[O-])cc1Cl)C(=O)O. The highest BCUT2D eigenvalue weighted by Crippen LogP contribution is 2.29. The third-order valence-corrected chi connectivity index (χ3v) is 3.44. The largest absolute Gasteiger partial charge is 0.481 e. The second-order valence-corrected chi connectivity index (χ2v) is 4.90. The number of nitrogens with zero attached hydrogens (tertiary/aromatic N) is 1. The lowest BCUT2D eigenvalue weighted by Gasteiger charge is -2.24. The zero-order valence-corrected chi connectivity index (χ0v) is 11.4. The summed E-state index contributed by atoms with van der Waals surface area (Å²) in [4.78, 5) is 21.2. The minimum atomic E-state index is -0.912. The Labute approximate surface area is 115 Å². The maximum atomic E-state index is 11.1. The number of carbonyl (C=O) groups is 1. The first kappa shape index (κ1) is 15.2. The van der Waals surface area contributed by atoms with Gasteiger partial charge in [-0.15, -0.1) is 0 Å². The first-order chi connectivity index (χ1) is 8.80. The molecule has 0 fully saturated rings. The van der Waals surface area contributed by atoms with Crippen LogP contribution in [0.25, 0.3) is 0 Å². The molecule has 1 rings (SSSR count). The quantitative estimate of drug-likeness (QED) is 0.619. The summed E-state index contributed by atoms with van der Waals surface area (Å²) in [7, 11) is 0. The fourth-order valence-electron chi connectivity index (χ4n) is 1.40.